The van der Waals surface area contributed by atoms with Crippen LogP contribution in [0.4, 0.5) is 0 Å². The van der Waals surface area contributed by atoms with E-state index in [1.54, 1.807) is 0 Å². The van der Waals surface area contributed by atoms with Crippen molar-refractivity contribution in [3.05, 3.63) is 0 Å². The molecule has 0 aromatic heterocycles. The Kier molecular flexibility index (Phi) is 6.91. The number of aliphatic hydroxyl groups excluding tert-OH is 3. The van der Waals surface area contributed by atoms with Crippen molar-refractivity contribution in [3.8, 4) is 0 Å². The summed E-state index contributed by atoms with van der Waals surface area (Å²) in [6, 6.07) is 0. The van der Waals surface area contributed by atoms with Crippen molar-refractivity contribution in [1.82, 2.24) is 0 Å². The Balaban J connectivity index is 2.97. The molecule has 0 heterocycles. The van der Waals surface area contributed by atoms with Gasteiger partial charge in [-0.3, -0.25) is 0 Å². The summed E-state index contributed by atoms with van der Waals surface area (Å²) in [5, 5.41) is 25.8. The molecule has 3 nitrogen and oxygen atoms in total. The van der Waals surface area contributed by atoms with Gasteiger partial charge in [0.2, 0.25) is 0 Å². The Hall–Kier alpha value is -0.120. The lowest BCUT2D eigenvalue weighted by atomic mass is 10.1. The van der Waals surface area contributed by atoms with Crippen molar-refractivity contribution in [2.45, 2.75) is 31.8 Å². The number of hydrogen-bond acceptors (Lipinski definition) is 3. The highest BCUT2D eigenvalue weighted by atomic mass is 16.3. The molecule has 1 unspecified atom stereocenters. The molecule has 0 fully saturated rings. The molecule has 0 amide bonds. The maximum atomic E-state index is 9.03. The van der Waals surface area contributed by atoms with E-state index in [4.69, 9.17) is 15.3 Å². The minimum atomic E-state index is -0.392. The summed E-state index contributed by atoms with van der Waals surface area (Å²) < 4.78 is 0. The standard InChI is InChI=1S/C7H16O3/c8-5-2-1-3-7(10)4-6-9/h7-10H,1-6H2. The van der Waals surface area contributed by atoms with Gasteiger partial charge in [0.05, 0.1) is 6.10 Å². The van der Waals surface area contributed by atoms with Crippen LogP contribution < -0.4 is 0 Å². The molecule has 0 saturated heterocycles. The Morgan fingerprint density at radius 2 is 1.60 bits per heavy atom. The maximum Gasteiger partial charge on any atom is 0.0562 e. The van der Waals surface area contributed by atoms with Crippen molar-refractivity contribution < 1.29 is 15.3 Å². The fourth-order valence-corrected chi connectivity index (χ4v) is 0.785. The lowest BCUT2D eigenvalue weighted by Gasteiger charge is -2.06. The molecule has 3 N–H and O–H groups in total. The summed E-state index contributed by atoms with van der Waals surface area (Å²) in [5.74, 6) is 0. The average Bonchev–Trinajstić information content (AvgIpc) is 1.89. The summed E-state index contributed by atoms with van der Waals surface area (Å²) >= 11 is 0. The third kappa shape index (κ3) is 6.01. The molecular formula is C7H16O3. The van der Waals surface area contributed by atoms with Crippen molar-refractivity contribution in [2.75, 3.05) is 13.2 Å². The summed E-state index contributed by atoms with van der Waals surface area (Å²) in [6.45, 7) is 0.228. The van der Waals surface area contributed by atoms with Crippen LogP contribution in [0.5, 0.6) is 0 Å². The lowest BCUT2D eigenvalue weighted by Crippen LogP contribution is -2.08. The van der Waals surface area contributed by atoms with E-state index in [9.17, 15) is 0 Å². The van der Waals surface area contributed by atoms with Gasteiger partial charge in [-0.25, -0.2) is 0 Å². The van der Waals surface area contributed by atoms with Crippen molar-refractivity contribution in [1.29, 1.82) is 0 Å². The van der Waals surface area contributed by atoms with Crippen LogP contribution in [0.25, 0.3) is 0 Å². The molecule has 1 atom stereocenters. The topological polar surface area (TPSA) is 60.7 Å². The summed E-state index contributed by atoms with van der Waals surface area (Å²) in [4.78, 5) is 0. The highest BCUT2D eigenvalue weighted by Gasteiger charge is 2.00. The second-order valence-corrected chi connectivity index (χ2v) is 2.39. The number of rotatable bonds is 6. The molecule has 0 aromatic rings. The van der Waals surface area contributed by atoms with Crippen LogP contribution in [0, 0.1) is 0 Å². The van der Waals surface area contributed by atoms with E-state index in [2.05, 4.69) is 0 Å². The van der Waals surface area contributed by atoms with Gasteiger partial charge in [-0.05, 0) is 25.7 Å². The molecule has 0 aliphatic carbocycles. The van der Waals surface area contributed by atoms with Gasteiger partial charge in [0, 0.05) is 13.2 Å². The fraction of sp³-hybridized carbons (Fsp3) is 1.00. The molecule has 0 saturated carbocycles. The minimum Gasteiger partial charge on any atom is -0.396 e. The average molecular weight is 148 g/mol. The predicted octanol–water partition coefficient (Wildman–Crippen LogP) is -0.108. The molecule has 62 valence electrons. The molecular weight excluding hydrogens is 132 g/mol. The van der Waals surface area contributed by atoms with Crippen molar-refractivity contribution in [3.63, 3.8) is 0 Å². The first-order valence-corrected chi connectivity index (χ1v) is 3.71. The Morgan fingerprint density at radius 3 is 2.10 bits per heavy atom. The third-order valence-electron chi connectivity index (χ3n) is 1.41. The van der Waals surface area contributed by atoms with E-state index in [1.165, 1.54) is 0 Å². The highest BCUT2D eigenvalue weighted by molar-refractivity contribution is 4.54. The van der Waals surface area contributed by atoms with Gasteiger partial charge in [-0.1, -0.05) is 0 Å². The van der Waals surface area contributed by atoms with Gasteiger partial charge in [0.25, 0.3) is 0 Å². The van der Waals surface area contributed by atoms with E-state index in [-0.39, 0.29) is 13.2 Å². The number of unbranched alkanes of at least 4 members (excludes halogenated alkanes) is 1. The van der Waals surface area contributed by atoms with Gasteiger partial charge in [-0.2, -0.15) is 0 Å². The zero-order valence-corrected chi connectivity index (χ0v) is 6.16. The minimum absolute atomic E-state index is 0.0420. The van der Waals surface area contributed by atoms with Crippen LogP contribution in [0.15, 0.2) is 0 Å². The number of hydrogen-bond donors (Lipinski definition) is 3. The summed E-state index contributed by atoms with van der Waals surface area (Å²) in [7, 11) is 0. The molecule has 0 bridgehead atoms. The van der Waals surface area contributed by atoms with E-state index < -0.39 is 6.10 Å². The van der Waals surface area contributed by atoms with Gasteiger partial charge in [0.15, 0.2) is 0 Å². The van der Waals surface area contributed by atoms with Gasteiger partial charge < -0.3 is 15.3 Å². The van der Waals surface area contributed by atoms with Crippen LogP contribution >= 0.6 is 0 Å². The maximum absolute atomic E-state index is 9.03. The first-order valence-electron chi connectivity index (χ1n) is 3.71. The van der Waals surface area contributed by atoms with Gasteiger partial charge >= 0.3 is 0 Å². The van der Waals surface area contributed by atoms with Crippen LogP contribution in [0.2, 0.25) is 0 Å². The molecule has 0 spiro atoms. The predicted molar refractivity (Wildman–Crippen MR) is 38.6 cm³/mol. The van der Waals surface area contributed by atoms with Crippen LogP contribution in [0.1, 0.15) is 25.7 Å². The molecule has 0 radical (unpaired) electrons. The Bertz CT molecular complexity index is 65.9. The molecule has 3 heteroatoms. The first kappa shape index (κ1) is 9.88. The fourth-order valence-electron chi connectivity index (χ4n) is 0.785. The molecule has 0 aromatic carbocycles. The summed E-state index contributed by atoms with van der Waals surface area (Å²) in [6.07, 6.45) is 2.31. The van der Waals surface area contributed by atoms with Crippen LogP contribution in [-0.4, -0.2) is 34.6 Å². The number of aliphatic hydroxyl groups is 3. The molecule has 0 rings (SSSR count). The Morgan fingerprint density at radius 1 is 0.900 bits per heavy atom. The quantitative estimate of drug-likeness (QED) is 0.461. The van der Waals surface area contributed by atoms with Crippen molar-refractivity contribution >= 4 is 0 Å². The smallest absolute Gasteiger partial charge is 0.0562 e. The van der Waals surface area contributed by atoms with E-state index in [1.807, 2.05) is 0 Å². The van der Waals surface area contributed by atoms with Crippen LogP contribution in [0.3, 0.4) is 0 Å². The van der Waals surface area contributed by atoms with E-state index >= 15 is 0 Å². The van der Waals surface area contributed by atoms with E-state index in [0.29, 0.717) is 12.8 Å². The second kappa shape index (κ2) is 6.99. The first-order chi connectivity index (χ1) is 4.81. The third-order valence-corrected chi connectivity index (χ3v) is 1.41. The second-order valence-electron chi connectivity index (χ2n) is 2.39. The Labute approximate surface area is 61.3 Å². The van der Waals surface area contributed by atoms with E-state index in [0.717, 1.165) is 12.8 Å². The summed E-state index contributed by atoms with van der Waals surface area (Å²) in [5.41, 5.74) is 0. The molecule has 10 heavy (non-hydrogen) atoms. The highest BCUT2D eigenvalue weighted by Crippen LogP contribution is 2.02. The normalized spacial score (nSPS) is 13.5. The lowest BCUT2D eigenvalue weighted by molar-refractivity contribution is 0.120. The molecule has 0 aliphatic rings. The largest absolute Gasteiger partial charge is 0.396 e. The zero-order valence-electron chi connectivity index (χ0n) is 6.16. The van der Waals surface area contributed by atoms with Crippen LogP contribution in [-0.2, 0) is 0 Å². The van der Waals surface area contributed by atoms with Crippen molar-refractivity contribution in [2.24, 2.45) is 0 Å². The van der Waals surface area contributed by atoms with Gasteiger partial charge in [0.1, 0.15) is 0 Å². The monoisotopic (exact) mass is 148 g/mol. The zero-order chi connectivity index (χ0) is 7.82. The SMILES string of the molecule is OCCCCC(O)CCO. The molecule has 0 aliphatic heterocycles. The van der Waals surface area contributed by atoms with Gasteiger partial charge in [-0.15, -0.1) is 0 Å².